The number of aromatic hydroxyl groups is 1. The smallest absolute Gasteiger partial charge is 0.124 e. The summed E-state index contributed by atoms with van der Waals surface area (Å²) in [7, 11) is 1.60. The largest absolute Gasteiger partial charge is 0.507 e. The first kappa shape index (κ1) is 13.8. The Morgan fingerprint density at radius 2 is 1.94 bits per heavy atom. The molecule has 0 aromatic heterocycles. The molecule has 0 saturated carbocycles. The Morgan fingerprint density at radius 1 is 1.29 bits per heavy atom. The summed E-state index contributed by atoms with van der Waals surface area (Å²) in [4.78, 5) is 0. The van der Waals surface area contributed by atoms with E-state index in [1.165, 1.54) is 0 Å². The number of methoxy groups -OCH3 is 1. The molecule has 0 aliphatic heterocycles. The lowest BCUT2D eigenvalue weighted by atomic mass is 10.0. The first-order chi connectivity index (χ1) is 8.12. The molecule has 3 nitrogen and oxygen atoms in total. The van der Waals surface area contributed by atoms with Crippen LogP contribution in [0.1, 0.15) is 45.2 Å². The molecule has 1 aromatic carbocycles. The molecule has 0 spiro atoms. The lowest BCUT2D eigenvalue weighted by Crippen LogP contribution is -2.30. The first-order valence-corrected chi connectivity index (χ1v) is 6.25. The van der Waals surface area contributed by atoms with E-state index >= 15 is 0 Å². The number of benzene rings is 1. The van der Waals surface area contributed by atoms with Crippen molar-refractivity contribution in [2.45, 2.75) is 45.7 Å². The van der Waals surface area contributed by atoms with E-state index in [1.54, 1.807) is 13.2 Å². The van der Waals surface area contributed by atoms with Crippen LogP contribution in [0.3, 0.4) is 0 Å². The summed E-state index contributed by atoms with van der Waals surface area (Å²) in [6.07, 6.45) is 2.19. The van der Waals surface area contributed by atoms with Crippen molar-refractivity contribution in [2.75, 3.05) is 7.11 Å². The van der Waals surface area contributed by atoms with Gasteiger partial charge in [0.2, 0.25) is 0 Å². The standard InChI is InChI=1S/C14H23NO2/c1-5-11(6-2)15-10(3)13-8-7-12(17-4)9-14(13)16/h7-11,15-16H,5-6H2,1-4H3. The van der Waals surface area contributed by atoms with Gasteiger partial charge in [-0.2, -0.15) is 0 Å². The molecule has 3 heteroatoms. The van der Waals surface area contributed by atoms with Crippen molar-refractivity contribution in [3.8, 4) is 11.5 Å². The summed E-state index contributed by atoms with van der Waals surface area (Å²) in [6.45, 7) is 6.41. The highest BCUT2D eigenvalue weighted by atomic mass is 16.5. The minimum atomic E-state index is 0.144. The Kier molecular flexibility index (Phi) is 5.29. The summed E-state index contributed by atoms with van der Waals surface area (Å²) in [5.74, 6) is 0.969. The number of phenolic OH excluding ortho intramolecular Hbond substituents is 1. The second-order valence-electron chi connectivity index (χ2n) is 4.33. The number of hydrogen-bond acceptors (Lipinski definition) is 3. The van der Waals surface area contributed by atoms with Gasteiger partial charge in [0.05, 0.1) is 7.11 Å². The zero-order chi connectivity index (χ0) is 12.8. The third kappa shape index (κ3) is 3.63. The van der Waals surface area contributed by atoms with Gasteiger partial charge in [-0.3, -0.25) is 0 Å². The molecule has 1 aromatic rings. The van der Waals surface area contributed by atoms with Crippen molar-refractivity contribution in [1.29, 1.82) is 0 Å². The van der Waals surface area contributed by atoms with Crippen LogP contribution in [0, 0.1) is 0 Å². The maximum absolute atomic E-state index is 9.93. The maximum atomic E-state index is 9.93. The van der Waals surface area contributed by atoms with Crippen LogP contribution in [0.5, 0.6) is 11.5 Å². The fourth-order valence-corrected chi connectivity index (χ4v) is 1.98. The monoisotopic (exact) mass is 237 g/mol. The summed E-state index contributed by atoms with van der Waals surface area (Å²) in [6, 6.07) is 6.08. The molecular weight excluding hydrogens is 214 g/mol. The molecule has 0 amide bonds. The molecule has 0 aliphatic carbocycles. The Balaban J connectivity index is 2.78. The fraction of sp³-hybridized carbons (Fsp3) is 0.571. The van der Waals surface area contributed by atoms with Gasteiger partial charge in [-0.25, -0.2) is 0 Å². The van der Waals surface area contributed by atoms with Gasteiger partial charge >= 0.3 is 0 Å². The highest BCUT2D eigenvalue weighted by Gasteiger charge is 2.14. The van der Waals surface area contributed by atoms with Gasteiger partial charge in [-0.15, -0.1) is 0 Å². The average molecular weight is 237 g/mol. The van der Waals surface area contributed by atoms with Crippen molar-refractivity contribution < 1.29 is 9.84 Å². The van der Waals surface area contributed by atoms with E-state index in [0.29, 0.717) is 11.8 Å². The predicted molar refractivity (Wildman–Crippen MR) is 70.6 cm³/mol. The zero-order valence-corrected chi connectivity index (χ0v) is 11.2. The van der Waals surface area contributed by atoms with Crippen molar-refractivity contribution in [2.24, 2.45) is 0 Å². The predicted octanol–water partition coefficient (Wildman–Crippen LogP) is 3.24. The molecule has 0 aliphatic rings. The van der Waals surface area contributed by atoms with E-state index in [9.17, 15) is 5.11 Å². The van der Waals surface area contributed by atoms with Crippen LogP contribution in [0.25, 0.3) is 0 Å². The van der Waals surface area contributed by atoms with Crippen molar-refractivity contribution in [3.05, 3.63) is 23.8 Å². The molecular formula is C14H23NO2. The third-order valence-corrected chi connectivity index (χ3v) is 3.18. The summed E-state index contributed by atoms with van der Waals surface area (Å²) in [5.41, 5.74) is 0.915. The Hall–Kier alpha value is -1.22. The van der Waals surface area contributed by atoms with Gasteiger partial charge in [0.25, 0.3) is 0 Å². The quantitative estimate of drug-likeness (QED) is 0.798. The first-order valence-electron chi connectivity index (χ1n) is 6.25. The zero-order valence-electron chi connectivity index (χ0n) is 11.2. The van der Waals surface area contributed by atoms with Gasteiger partial charge in [-0.05, 0) is 25.8 Å². The second-order valence-corrected chi connectivity index (χ2v) is 4.33. The molecule has 1 rings (SSSR count). The van der Waals surface area contributed by atoms with Crippen LogP contribution in [0.2, 0.25) is 0 Å². The van der Waals surface area contributed by atoms with Gasteiger partial charge in [-0.1, -0.05) is 19.9 Å². The number of nitrogens with one attached hydrogen (secondary N) is 1. The molecule has 0 fully saturated rings. The van der Waals surface area contributed by atoms with Gasteiger partial charge in [0.1, 0.15) is 11.5 Å². The molecule has 0 heterocycles. The molecule has 1 unspecified atom stereocenters. The van der Waals surface area contributed by atoms with E-state index in [-0.39, 0.29) is 11.8 Å². The van der Waals surface area contributed by atoms with Gasteiger partial charge in [0, 0.05) is 23.7 Å². The molecule has 1 atom stereocenters. The van der Waals surface area contributed by atoms with Gasteiger partial charge in [0.15, 0.2) is 0 Å². The normalized spacial score (nSPS) is 12.8. The lowest BCUT2D eigenvalue weighted by molar-refractivity contribution is 0.395. The minimum Gasteiger partial charge on any atom is -0.507 e. The van der Waals surface area contributed by atoms with Crippen molar-refractivity contribution >= 4 is 0 Å². The minimum absolute atomic E-state index is 0.144. The van der Waals surface area contributed by atoms with Crippen LogP contribution in [-0.2, 0) is 0 Å². The van der Waals surface area contributed by atoms with Crippen molar-refractivity contribution in [3.63, 3.8) is 0 Å². The summed E-state index contributed by atoms with van der Waals surface area (Å²) < 4.78 is 5.07. The fourth-order valence-electron chi connectivity index (χ4n) is 1.98. The highest BCUT2D eigenvalue weighted by molar-refractivity contribution is 5.41. The number of hydrogen-bond donors (Lipinski definition) is 2. The number of phenols is 1. The van der Waals surface area contributed by atoms with Crippen molar-refractivity contribution in [1.82, 2.24) is 5.32 Å². The van der Waals surface area contributed by atoms with Crippen LogP contribution in [0.4, 0.5) is 0 Å². The van der Waals surface area contributed by atoms with E-state index in [0.717, 1.165) is 18.4 Å². The van der Waals surface area contributed by atoms with Crippen LogP contribution < -0.4 is 10.1 Å². The molecule has 17 heavy (non-hydrogen) atoms. The van der Waals surface area contributed by atoms with E-state index in [4.69, 9.17) is 4.74 Å². The Morgan fingerprint density at radius 3 is 2.41 bits per heavy atom. The second kappa shape index (κ2) is 6.50. The van der Waals surface area contributed by atoms with Crippen LogP contribution >= 0.6 is 0 Å². The molecule has 0 saturated heterocycles. The van der Waals surface area contributed by atoms with Crippen LogP contribution in [-0.4, -0.2) is 18.3 Å². The Labute approximate surface area is 104 Å². The van der Waals surface area contributed by atoms with E-state index in [2.05, 4.69) is 26.1 Å². The number of ether oxygens (including phenoxy) is 1. The highest BCUT2D eigenvalue weighted by Crippen LogP contribution is 2.28. The average Bonchev–Trinajstić information content (AvgIpc) is 2.35. The maximum Gasteiger partial charge on any atom is 0.124 e. The van der Waals surface area contributed by atoms with E-state index in [1.807, 2.05) is 12.1 Å². The summed E-state index contributed by atoms with van der Waals surface area (Å²) >= 11 is 0. The molecule has 0 radical (unpaired) electrons. The molecule has 2 N–H and O–H groups in total. The van der Waals surface area contributed by atoms with Crippen LogP contribution in [0.15, 0.2) is 18.2 Å². The van der Waals surface area contributed by atoms with Gasteiger partial charge < -0.3 is 15.2 Å². The lowest BCUT2D eigenvalue weighted by Gasteiger charge is -2.22. The Bertz CT molecular complexity index is 348. The van der Waals surface area contributed by atoms with E-state index < -0.39 is 0 Å². The SMILES string of the molecule is CCC(CC)NC(C)c1ccc(OC)cc1O. The number of rotatable bonds is 6. The summed E-state index contributed by atoms with van der Waals surface area (Å²) in [5, 5.41) is 13.4. The third-order valence-electron chi connectivity index (χ3n) is 3.18. The topological polar surface area (TPSA) is 41.5 Å². The molecule has 0 bridgehead atoms. The molecule has 96 valence electrons.